The highest BCUT2D eigenvalue weighted by molar-refractivity contribution is 5.90. The maximum absolute atomic E-state index is 12.7. The van der Waals surface area contributed by atoms with Crippen LogP contribution in [-0.4, -0.2) is 42.9 Å². The topological polar surface area (TPSA) is 52.7 Å². The predicted octanol–water partition coefficient (Wildman–Crippen LogP) is 5.21. The van der Waals surface area contributed by atoms with Gasteiger partial charge in [-0.15, -0.1) is 0 Å². The minimum absolute atomic E-state index is 0.106. The fourth-order valence-electron chi connectivity index (χ4n) is 4.66. The second kappa shape index (κ2) is 12.0. The minimum atomic E-state index is 0.106. The summed E-state index contributed by atoms with van der Waals surface area (Å²) in [6.07, 6.45) is 12.2. The molecule has 0 atom stereocenters. The van der Waals surface area contributed by atoms with Gasteiger partial charge >= 0.3 is 0 Å². The normalized spacial score (nSPS) is 17.8. The lowest BCUT2D eigenvalue weighted by atomic mass is 9.88. The van der Waals surface area contributed by atoms with Crippen molar-refractivity contribution in [3.8, 4) is 0 Å². The molecule has 1 saturated heterocycles. The van der Waals surface area contributed by atoms with Crippen molar-refractivity contribution in [1.29, 1.82) is 0 Å². The minimum Gasteiger partial charge on any atom is -0.368 e. The molecule has 5 heteroatoms. The van der Waals surface area contributed by atoms with E-state index >= 15 is 0 Å². The molecular formula is C25H39N3O2. The van der Waals surface area contributed by atoms with Gasteiger partial charge in [-0.25, -0.2) is 0 Å². The van der Waals surface area contributed by atoms with Crippen LogP contribution in [0.5, 0.6) is 0 Å². The molecule has 1 aliphatic heterocycles. The van der Waals surface area contributed by atoms with Crippen LogP contribution < -0.4 is 10.2 Å². The van der Waals surface area contributed by atoms with Crippen LogP contribution in [0.4, 0.5) is 11.4 Å². The zero-order valence-electron chi connectivity index (χ0n) is 18.7. The summed E-state index contributed by atoms with van der Waals surface area (Å²) in [5.74, 6) is 0.746. The highest BCUT2D eigenvalue weighted by atomic mass is 16.2. The number of benzene rings is 1. The third kappa shape index (κ3) is 6.75. The summed E-state index contributed by atoms with van der Waals surface area (Å²) in [6, 6.07) is 8.14. The van der Waals surface area contributed by atoms with Crippen molar-refractivity contribution in [1.82, 2.24) is 4.90 Å². The van der Waals surface area contributed by atoms with Crippen molar-refractivity contribution in [3.05, 3.63) is 24.3 Å². The number of nitrogens with zero attached hydrogens (tertiary/aromatic N) is 2. The summed E-state index contributed by atoms with van der Waals surface area (Å²) in [7, 11) is 0. The monoisotopic (exact) mass is 413 g/mol. The molecule has 1 N–H and O–H groups in total. The molecule has 0 aromatic heterocycles. The van der Waals surface area contributed by atoms with Crippen LogP contribution in [0.1, 0.15) is 77.6 Å². The SMILES string of the molecule is CCCCCCCC(=O)Nc1ccc(N2CCN(C(=O)C3CCCCC3)CC2)cc1. The Hall–Kier alpha value is -2.04. The number of nitrogens with one attached hydrogen (secondary N) is 1. The highest BCUT2D eigenvalue weighted by Gasteiger charge is 2.28. The second-order valence-corrected chi connectivity index (χ2v) is 8.91. The van der Waals surface area contributed by atoms with Gasteiger partial charge in [-0.2, -0.15) is 0 Å². The average molecular weight is 414 g/mol. The smallest absolute Gasteiger partial charge is 0.225 e. The van der Waals surface area contributed by atoms with Gasteiger partial charge in [-0.05, 0) is 43.5 Å². The first-order chi connectivity index (χ1) is 14.7. The molecule has 0 radical (unpaired) electrons. The summed E-state index contributed by atoms with van der Waals surface area (Å²) in [5.41, 5.74) is 2.03. The maximum atomic E-state index is 12.7. The molecule has 3 rings (SSSR count). The van der Waals surface area contributed by atoms with Gasteiger partial charge in [0.25, 0.3) is 0 Å². The summed E-state index contributed by atoms with van der Waals surface area (Å²) in [5, 5.41) is 3.01. The number of hydrogen-bond acceptors (Lipinski definition) is 3. The van der Waals surface area contributed by atoms with E-state index in [2.05, 4.69) is 34.2 Å². The summed E-state index contributed by atoms with van der Waals surface area (Å²) < 4.78 is 0. The van der Waals surface area contributed by atoms with Gasteiger partial charge < -0.3 is 15.1 Å². The molecule has 166 valence electrons. The lowest BCUT2D eigenvalue weighted by Gasteiger charge is -2.38. The zero-order chi connectivity index (χ0) is 21.2. The number of piperazine rings is 1. The second-order valence-electron chi connectivity index (χ2n) is 8.91. The van der Waals surface area contributed by atoms with Crippen molar-refractivity contribution in [2.24, 2.45) is 5.92 Å². The molecule has 2 amide bonds. The maximum Gasteiger partial charge on any atom is 0.225 e. The van der Waals surface area contributed by atoms with E-state index in [0.717, 1.165) is 63.2 Å². The summed E-state index contributed by atoms with van der Waals surface area (Å²) >= 11 is 0. The van der Waals surface area contributed by atoms with Crippen LogP contribution >= 0.6 is 0 Å². The molecule has 30 heavy (non-hydrogen) atoms. The van der Waals surface area contributed by atoms with E-state index < -0.39 is 0 Å². The van der Waals surface area contributed by atoms with Crippen molar-refractivity contribution < 1.29 is 9.59 Å². The van der Waals surface area contributed by atoms with E-state index in [0.29, 0.717) is 12.3 Å². The standard InChI is InChI=1S/C25H39N3O2/c1-2-3-4-5-9-12-24(29)26-22-13-15-23(16-14-22)27-17-19-28(20-18-27)25(30)21-10-7-6-8-11-21/h13-16,21H,2-12,17-20H2,1H3,(H,26,29). The van der Waals surface area contributed by atoms with E-state index in [1.165, 1.54) is 38.5 Å². The molecule has 0 spiro atoms. The first-order valence-electron chi connectivity index (χ1n) is 12.1. The lowest BCUT2D eigenvalue weighted by Crippen LogP contribution is -2.50. The molecule has 2 fully saturated rings. The third-order valence-electron chi connectivity index (χ3n) is 6.57. The van der Waals surface area contributed by atoms with Crippen LogP contribution in [0.2, 0.25) is 0 Å². The van der Waals surface area contributed by atoms with Gasteiger partial charge in [0.1, 0.15) is 0 Å². The highest BCUT2D eigenvalue weighted by Crippen LogP contribution is 2.26. The average Bonchev–Trinajstić information content (AvgIpc) is 2.80. The molecule has 1 saturated carbocycles. The third-order valence-corrected chi connectivity index (χ3v) is 6.57. The van der Waals surface area contributed by atoms with E-state index in [-0.39, 0.29) is 11.8 Å². The van der Waals surface area contributed by atoms with E-state index in [1.54, 1.807) is 0 Å². The van der Waals surface area contributed by atoms with Gasteiger partial charge in [0.15, 0.2) is 0 Å². The molecule has 1 aromatic carbocycles. The zero-order valence-corrected chi connectivity index (χ0v) is 18.7. The van der Waals surface area contributed by atoms with E-state index in [1.807, 2.05) is 12.1 Å². The van der Waals surface area contributed by atoms with Gasteiger partial charge in [0.2, 0.25) is 11.8 Å². The Balaban J connectivity index is 1.40. The number of amides is 2. The summed E-state index contributed by atoms with van der Waals surface area (Å²) in [6.45, 7) is 5.58. The van der Waals surface area contributed by atoms with Gasteiger partial charge in [0.05, 0.1) is 0 Å². The van der Waals surface area contributed by atoms with Crippen LogP contribution in [0.25, 0.3) is 0 Å². The molecule has 0 unspecified atom stereocenters. The van der Waals surface area contributed by atoms with Crippen LogP contribution in [0.3, 0.4) is 0 Å². The van der Waals surface area contributed by atoms with Gasteiger partial charge in [-0.1, -0.05) is 51.9 Å². The van der Waals surface area contributed by atoms with Crippen molar-refractivity contribution >= 4 is 23.2 Å². The van der Waals surface area contributed by atoms with Gasteiger partial charge in [0, 0.05) is 49.9 Å². The number of unbranched alkanes of at least 4 members (excludes halogenated alkanes) is 4. The molecule has 1 aromatic rings. The number of carbonyl (C=O) groups excluding carboxylic acids is 2. The Labute approximate surface area is 182 Å². The Morgan fingerprint density at radius 2 is 1.57 bits per heavy atom. The lowest BCUT2D eigenvalue weighted by molar-refractivity contribution is -0.136. The predicted molar refractivity (Wildman–Crippen MR) is 124 cm³/mol. The van der Waals surface area contributed by atoms with Crippen molar-refractivity contribution in [2.45, 2.75) is 77.6 Å². The quantitative estimate of drug-likeness (QED) is 0.565. The van der Waals surface area contributed by atoms with Gasteiger partial charge in [-0.3, -0.25) is 9.59 Å². The van der Waals surface area contributed by atoms with Crippen LogP contribution in [-0.2, 0) is 9.59 Å². The van der Waals surface area contributed by atoms with Crippen LogP contribution in [0.15, 0.2) is 24.3 Å². The fourth-order valence-corrected chi connectivity index (χ4v) is 4.66. The molecule has 0 bridgehead atoms. The Kier molecular flexibility index (Phi) is 9.03. The molecule has 2 aliphatic rings. The van der Waals surface area contributed by atoms with Crippen LogP contribution in [0, 0.1) is 5.92 Å². The first-order valence-corrected chi connectivity index (χ1v) is 12.1. The van der Waals surface area contributed by atoms with E-state index in [9.17, 15) is 9.59 Å². The Morgan fingerprint density at radius 3 is 2.23 bits per heavy atom. The number of rotatable bonds is 9. The summed E-state index contributed by atoms with van der Waals surface area (Å²) in [4.78, 5) is 29.2. The number of hydrogen-bond donors (Lipinski definition) is 1. The molecule has 1 heterocycles. The van der Waals surface area contributed by atoms with Crippen molar-refractivity contribution in [2.75, 3.05) is 36.4 Å². The largest absolute Gasteiger partial charge is 0.368 e. The Bertz CT molecular complexity index is 659. The number of carbonyl (C=O) groups is 2. The fraction of sp³-hybridized carbons (Fsp3) is 0.680. The van der Waals surface area contributed by atoms with E-state index in [4.69, 9.17) is 0 Å². The Morgan fingerprint density at radius 1 is 0.900 bits per heavy atom. The molecular weight excluding hydrogens is 374 g/mol. The molecule has 5 nitrogen and oxygen atoms in total. The first kappa shape index (κ1) is 22.6. The number of anilines is 2. The van der Waals surface area contributed by atoms with Crippen molar-refractivity contribution in [3.63, 3.8) is 0 Å². The molecule has 1 aliphatic carbocycles.